The average Bonchev–Trinajstić information content (AvgIpc) is 2.99. The Balaban J connectivity index is 1.80. The van der Waals surface area contributed by atoms with Crippen molar-refractivity contribution in [3.05, 3.63) is 84.4 Å². The van der Waals surface area contributed by atoms with Crippen LogP contribution in [0.25, 0.3) is 31.7 Å². The highest BCUT2D eigenvalue weighted by Gasteiger charge is 2.08. The van der Waals surface area contributed by atoms with Crippen molar-refractivity contribution < 1.29 is 0 Å². The topological polar surface area (TPSA) is 0 Å². The van der Waals surface area contributed by atoms with E-state index in [0.29, 0.717) is 0 Å². The first-order chi connectivity index (χ1) is 10.8. The minimum absolute atomic E-state index is 1.27. The lowest BCUT2D eigenvalue weighted by Gasteiger charge is -2.07. The third kappa shape index (κ3) is 2.34. The zero-order valence-corrected chi connectivity index (χ0v) is 13.2. The van der Waals surface area contributed by atoms with Gasteiger partial charge in [0.15, 0.2) is 0 Å². The second kappa shape index (κ2) is 5.43. The smallest absolute Gasteiger partial charge is 0.0357 e. The number of hydrogen-bond acceptors (Lipinski definition) is 1. The molecule has 0 aliphatic rings. The fraction of sp³-hybridized carbons (Fsp3) is 0.0476. The van der Waals surface area contributed by atoms with Crippen molar-refractivity contribution in [3.63, 3.8) is 0 Å². The van der Waals surface area contributed by atoms with Gasteiger partial charge in [0, 0.05) is 9.58 Å². The maximum atomic E-state index is 2.30. The van der Waals surface area contributed by atoms with E-state index in [1.165, 1.54) is 37.2 Å². The van der Waals surface area contributed by atoms with Crippen LogP contribution in [-0.2, 0) is 0 Å². The molecule has 0 aliphatic heterocycles. The molecule has 3 aromatic carbocycles. The molecule has 4 aromatic rings. The van der Waals surface area contributed by atoms with Gasteiger partial charge in [-0.25, -0.2) is 0 Å². The molecule has 1 heterocycles. The molecule has 0 nitrogen and oxygen atoms in total. The van der Waals surface area contributed by atoms with E-state index in [0.717, 1.165) is 0 Å². The highest BCUT2D eigenvalue weighted by atomic mass is 32.1. The summed E-state index contributed by atoms with van der Waals surface area (Å²) in [7, 11) is 0. The van der Waals surface area contributed by atoms with Crippen LogP contribution in [0, 0.1) is 6.92 Å². The molecule has 0 fully saturated rings. The molecule has 0 saturated carbocycles. The van der Waals surface area contributed by atoms with Crippen LogP contribution < -0.4 is 0 Å². The Bertz CT molecular complexity index is 899. The van der Waals surface area contributed by atoms with Crippen LogP contribution in [0.1, 0.15) is 5.56 Å². The third-order valence-corrected chi connectivity index (χ3v) is 5.17. The maximum Gasteiger partial charge on any atom is 0.0357 e. The van der Waals surface area contributed by atoms with Crippen molar-refractivity contribution in [3.8, 4) is 21.6 Å². The Morgan fingerprint density at radius 1 is 0.682 bits per heavy atom. The van der Waals surface area contributed by atoms with Crippen LogP contribution in [0.3, 0.4) is 0 Å². The minimum atomic E-state index is 1.27. The summed E-state index contributed by atoms with van der Waals surface area (Å²) in [5, 5.41) is 1.33. The van der Waals surface area contributed by atoms with E-state index in [9.17, 15) is 0 Å². The van der Waals surface area contributed by atoms with Gasteiger partial charge in [-0.2, -0.15) is 0 Å². The van der Waals surface area contributed by atoms with Gasteiger partial charge in [-0.05, 0) is 46.7 Å². The van der Waals surface area contributed by atoms with E-state index < -0.39 is 0 Å². The Morgan fingerprint density at radius 2 is 1.45 bits per heavy atom. The molecule has 1 aromatic heterocycles. The lowest BCUT2D eigenvalue weighted by atomic mass is 9.99. The number of benzene rings is 3. The van der Waals surface area contributed by atoms with Crippen molar-refractivity contribution in [2.24, 2.45) is 0 Å². The van der Waals surface area contributed by atoms with Crippen LogP contribution in [0.4, 0.5) is 0 Å². The van der Waals surface area contributed by atoms with Crippen molar-refractivity contribution in [1.29, 1.82) is 0 Å². The molecule has 0 saturated heterocycles. The van der Waals surface area contributed by atoms with E-state index in [1.54, 1.807) is 0 Å². The first kappa shape index (κ1) is 13.3. The SMILES string of the molecule is Cc1cc(-c2ccccc2)ccc1-c1cc2ccccc2s1. The summed E-state index contributed by atoms with van der Waals surface area (Å²) in [5.74, 6) is 0. The van der Waals surface area contributed by atoms with Gasteiger partial charge in [-0.1, -0.05) is 66.7 Å². The van der Waals surface area contributed by atoms with Gasteiger partial charge in [-0.3, -0.25) is 0 Å². The first-order valence-electron chi connectivity index (χ1n) is 7.46. The van der Waals surface area contributed by atoms with Gasteiger partial charge in [0.05, 0.1) is 0 Å². The van der Waals surface area contributed by atoms with Gasteiger partial charge >= 0.3 is 0 Å². The molecule has 0 spiro atoms. The van der Waals surface area contributed by atoms with E-state index >= 15 is 0 Å². The molecule has 0 amide bonds. The molecule has 0 atom stereocenters. The largest absolute Gasteiger partial charge is 0.135 e. The Morgan fingerprint density at radius 3 is 2.23 bits per heavy atom. The molecule has 0 unspecified atom stereocenters. The van der Waals surface area contributed by atoms with Crippen LogP contribution in [0.2, 0.25) is 0 Å². The monoisotopic (exact) mass is 300 g/mol. The zero-order chi connectivity index (χ0) is 14.9. The summed E-state index contributed by atoms with van der Waals surface area (Å²) in [4.78, 5) is 1.35. The Hall–Kier alpha value is -2.38. The summed E-state index contributed by atoms with van der Waals surface area (Å²) in [6.07, 6.45) is 0. The second-order valence-electron chi connectivity index (χ2n) is 5.54. The van der Waals surface area contributed by atoms with Crippen LogP contribution >= 0.6 is 11.3 Å². The van der Waals surface area contributed by atoms with Gasteiger partial charge in [0.25, 0.3) is 0 Å². The third-order valence-electron chi connectivity index (χ3n) is 4.02. The first-order valence-corrected chi connectivity index (χ1v) is 8.28. The fourth-order valence-electron chi connectivity index (χ4n) is 2.86. The summed E-state index contributed by atoms with van der Waals surface area (Å²) < 4.78 is 1.35. The molecular weight excluding hydrogens is 284 g/mol. The summed E-state index contributed by atoms with van der Waals surface area (Å²) in [6, 6.07) is 28.2. The highest BCUT2D eigenvalue weighted by Crippen LogP contribution is 2.36. The van der Waals surface area contributed by atoms with Crippen molar-refractivity contribution in [2.75, 3.05) is 0 Å². The lowest BCUT2D eigenvalue weighted by molar-refractivity contribution is 1.47. The molecule has 22 heavy (non-hydrogen) atoms. The fourth-order valence-corrected chi connectivity index (χ4v) is 4.02. The predicted molar refractivity (Wildman–Crippen MR) is 97.4 cm³/mol. The summed E-state index contributed by atoms with van der Waals surface area (Å²) >= 11 is 1.87. The lowest BCUT2D eigenvalue weighted by Crippen LogP contribution is -1.83. The van der Waals surface area contributed by atoms with Crippen LogP contribution in [0.15, 0.2) is 78.9 Å². The zero-order valence-electron chi connectivity index (χ0n) is 12.4. The Labute approximate surface area is 134 Å². The van der Waals surface area contributed by atoms with E-state index in [-0.39, 0.29) is 0 Å². The van der Waals surface area contributed by atoms with Crippen molar-refractivity contribution in [1.82, 2.24) is 0 Å². The van der Waals surface area contributed by atoms with Crippen LogP contribution in [0.5, 0.6) is 0 Å². The van der Waals surface area contributed by atoms with E-state index in [2.05, 4.69) is 85.8 Å². The standard InChI is InChI=1S/C21H16S/c1-15-13-17(16-7-3-2-4-8-16)11-12-19(15)21-14-18-9-5-6-10-20(18)22-21/h2-14H,1H3. The molecule has 4 rings (SSSR count). The number of aryl methyl sites for hydroxylation is 1. The van der Waals surface area contributed by atoms with Crippen molar-refractivity contribution >= 4 is 21.4 Å². The number of thiophene rings is 1. The van der Waals surface area contributed by atoms with Crippen molar-refractivity contribution in [2.45, 2.75) is 6.92 Å². The Kier molecular flexibility index (Phi) is 3.28. The highest BCUT2D eigenvalue weighted by molar-refractivity contribution is 7.22. The van der Waals surface area contributed by atoms with Gasteiger partial charge in [0.2, 0.25) is 0 Å². The molecule has 0 bridgehead atoms. The average molecular weight is 300 g/mol. The quantitative estimate of drug-likeness (QED) is 0.394. The predicted octanol–water partition coefficient (Wildman–Crippen LogP) is 6.54. The number of fused-ring (bicyclic) bond motifs is 1. The molecule has 0 aliphatic carbocycles. The van der Waals surface area contributed by atoms with Crippen LogP contribution in [-0.4, -0.2) is 0 Å². The summed E-state index contributed by atoms with van der Waals surface area (Å²) in [5.41, 5.74) is 5.21. The summed E-state index contributed by atoms with van der Waals surface area (Å²) in [6.45, 7) is 2.20. The second-order valence-corrected chi connectivity index (χ2v) is 6.63. The van der Waals surface area contributed by atoms with E-state index in [1.807, 2.05) is 11.3 Å². The number of rotatable bonds is 2. The van der Waals surface area contributed by atoms with Gasteiger partial charge < -0.3 is 0 Å². The molecule has 1 heteroatoms. The van der Waals surface area contributed by atoms with Gasteiger partial charge in [0.1, 0.15) is 0 Å². The molecule has 0 N–H and O–H groups in total. The van der Waals surface area contributed by atoms with E-state index in [4.69, 9.17) is 0 Å². The normalized spacial score (nSPS) is 11.0. The molecular formula is C21H16S. The number of hydrogen-bond donors (Lipinski definition) is 0. The van der Waals surface area contributed by atoms with Gasteiger partial charge in [-0.15, -0.1) is 11.3 Å². The molecule has 0 radical (unpaired) electrons. The maximum absolute atomic E-state index is 2.30. The minimum Gasteiger partial charge on any atom is -0.135 e. The molecule has 106 valence electrons.